The van der Waals surface area contributed by atoms with Crippen LogP contribution in [0.4, 0.5) is 5.82 Å². The number of piperidine rings is 1. The van der Waals surface area contributed by atoms with Gasteiger partial charge in [0.1, 0.15) is 5.82 Å². The second-order valence-corrected chi connectivity index (χ2v) is 5.88. The van der Waals surface area contributed by atoms with E-state index in [0.29, 0.717) is 11.4 Å². The van der Waals surface area contributed by atoms with E-state index < -0.39 is 5.91 Å². The van der Waals surface area contributed by atoms with E-state index in [4.69, 9.17) is 5.73 Å². The molecule has 2 aromatic rings. The Labute approximate surface area is 123 Å². The third kappa shape index (κ3) is 2.83. The van der Waals surface area contributed by atoms with Gasteiger partial charge in [-0.15, -0.1) is 0 Å². The fraction of sp³-hybridized carbons (Fsp3) is 0.375. The van der Waals surface area contributed by atoms with Crippen molar-refractivity contribution >= 4 is 22.6 Å². The third-order valence-corrected chi connectivity index (χ3v) is 4.12. The van der Waals surface area contributed by atoms with Crippen LogP contribution in [-0.4, -0.2) is 29.5 Å². The minimum Gasteiger partial charge on any atom is -0.365 e. The Bertz CT molecular complexity index is 677. The van der Waals surface area contributed by atoms with E-state index >= 15 is 0 Å². The second-order valence-electron chi connectivity index (χ2n) is 5.88. The Morgan fingerprint density at radius 1 is 1.33 bits per heavy atom. The van der Waals surface area contributed by atoms with Crippen LogP contribution in [0, 0.1) is 0 Å². The number of pyridine rings is 1. The van der Waals surface area contributed by atoms with Gasteiger partial charge in [-0.05, 0) is 45.0 Å². The molecule has 2 heterocycles. The lowest BCUT2D eigenvalue weighted by Gasteiger charge is -2.36. The van der Waals surface area contributed by atoms with Crippen LogP contribution >= 0.6 is 0 Å². The summed E-state index contributed by atoms with van der Waals surface area (Å²) in [5.74, 6) is 0.138. The van der Waals surface area contributed by atoms with E-state index in [2.05, 4.69) is 22.5 Å². The highest BCUT2D eigenvalue weighted by Crippen LogP contribution is 2.27. The van der Waals surface area contributed by atoms with Gasteiger partial charge in [0.25, 0.3) is 5.91 Å². The Kier molecular flexibility index (Phi) is 3.51. The number of nitrogens with zero attached hydrogens (tertiary/aromatic N) is 1. The molecule has 0 radical (unpaired) electrons. The number of hydrogen-bond donors (Lipinski definition) is 3. The van der Waals surface area contributed by atoms with Crippen LogP contribution in [0.15, 0.2) is 30.3 Å². The molecule has 0 spiro atoms. The van der Waals surface area contributed by atoms with Crippen molar-refractivity contribution in [1.82, 2.24) is 10.3 Å². The number of carbonyl (C=O) groups excluding carboxylic acids is 1. The first-order valence-electron chi connectivity index (χ1n) is 7.26. The van der Waals surface area contributed by atoms with Gasteiger partial charge in [-0.2, -0.15) is 0 Å². The number of carbonyl (C=O) groups is 1. The normalized spacial score (nSPS) is 17.6. The van der Waals surface area contributed by atoms with Crippen LogP contribution in [-0.2, 0) is 0 Å². The van der Waals surface area contributed by atoms with Crippen molar-refractivity contribution in [3.8, 4) is 0 Å². The summed E-state index contributed by atoms with van der Waals surface area (Å²) in [6.45, 7) is 4.08. The number of nitrogens with one attached hydrogen (secondary N) is 2. The number of anilines is 1. The molecule has 1 saturated heterocycles. The number of aromatic nitrogens is 1. The van der Waals surface area contributed by atoms with Crippen molar-refractivity contribution < 1.29 is 4.79 Å². The van der Waals surface area contributed by atoms with Crippen LogP contribution in [0.1, 0.15) is 30.1 Å². The van der Waals surface area contributed by atoms with Crippen LogP contribution < -0.4 is 16.4 Å². The Morgan fingerprint density at radius 2 is 2.05 bits per heavy atom. The predicted octanol–water partition coefficient (Wildman–Crippen LogP) is 1.89. The number of rotatable bonds is 3. The number of primary amides is 1. The molecule has 3 rings (SSSR count). The van der Waals surface area contributed by atoms with Crippen molar-refractivity contribution in [3.63, 3.8) is 0 Å². The zero-order chi connectivity index (χ0) is 14.9. The molecule has 0 bridgehead atoms. The number of hydrogen-bond acceptors (Lipinski definition) is 4. The first-order valence-corrected chi connectivity index (χ1v) is 7.26. The molecule has 0 atom stereocenters. The van der Waals surface area contributed by atoms with E-state index in [1.165, 1.54) is 0 Å². The zero-order valence-electron chi connectivity index (χ0n) is 12.1. The summed E-state index contributed by atoms with van der Waals surface area (Å²) in [7, 11) is 0. The molecule has 0 saturated carbocycles. The molecular formula is C16H20N4O. The van der Waals surface area contributed by atoms with Crippen molar-refractivity contribution in [2.75, 3.05) is 18.4 Å². The quantitative estimate of drug-likeness (QED) is 0.804. The SMILES string of the molecule is CC1(Nc2nc3ccccc3cc2C(N)=O)CCNCC1. The maximum atomic E-state index is 11.7. The molecular weight excluding hydrogens is 264 g/mol. The molecule has 4 N–H and O–H groups in total. The lowest BCUT2D eigenvalue weighted by atomic mass is 9.90. The largest absolute Gasteiger partial charge is 0.365 e. The maximum Gasteiger partial charge on any atom is 0.252 e. The topological polar surface area (TPSA) is 80.0 Å². The van der Waals surface area contributed by atoms with Gasteiger partial charge >= 0.3 is 0 Å². The Hall–Kier alpha value is -2.14. The molecule has 1 aliphatic heterocycles. The summed E-state index contributed by atoms with van der Waals surface area (Å²) < 4.78 is 0. The second kappa shape index (κ2) is 5.33. The summed E-state index contributed by atoms with van der Waals surface area (Å²) in [4.78, 5) is 16.3. The van der Waals surface area contributed by atoms with Crippen molar-refractivity contribution in [1.29, 1.82) is 0 Å². The monoisotopic (exact) mass is 284 g/mol. The van der Waals surface area contributed by atoms with Gasteiger partial charge in [0.15, 0.2) is 0 Å². The number of nitrogens with two attached hydrogens (primary N) is 1. The van der Waals surface area contributed by atoms with Gasteiger partial charge in [-0.3, -0.25) is 4.79 Å². The van der Waals surface area contributed by atoms with E-state index in [1.54, 1.807) is 0 Å². The van der Waals surface area contributed by atoms with E-state index in [-0.39, 0.29) is 5.54 Å². The lowest BCUT2D eigenvalue weighted by Crippen LogP contribution is -2.45. The molecule has 5 nitrogen and oxygen atoms in total. The van der Waals surface area contributed by atoms with Gasteiger partial charge in [0, 0.05) is 10.9 Å². The summed E-state index contributed by atoms with van der Waals surface area (Å²) in [5.41, 5.74) is 6.77. The summed E-state index contributed by atoms with van der Waals surface area (Å²) in [5, 5.41) is 7.71. The van der Waals surface area contributed by atoms with Crippen LogP contribution in [0.2, 0.25) is 0 Å². The predicted molar refractivity (Wildman–Crippen MR) is 84.4 cm³/mol. The number of amides is 1. The fourth-order valence-corrected chi connectivity index (χ4v) is 2.79. The molecule has 21 heavy (non-hydrogen) atoms. The molecule has 1 aromatic heterocycles. The first kappa shape index (κ1) is 13.8. The van der Waals surface area contributed by atoms with Gasteiger partial charge in [0.2, 0.25) is 0 Å². The van der Waals surface area contributed by atoms with Crippen molar-refractivity contribution in [2.24, 2.45) is 5.73 Å². The Balaban J connectivity index is 2.03. The fourth-order valence-electron chi connectivity index (χ4n) is 2.79. The molecule has 1 amide bonds. The van der Waals surface area contributed by atoms with E-state index in [1.807, 2.05) is 30.3 Å². The van der Waals surface area contributed by atoms with E-state index in [9.17, 15) is 4.79 Å². The average molecular weight is 284 g/mol. The Morgan fingerprint density at radius 3 is 2.76 bits per heavy atom. The molecule has 1 aromatic carbocycles. The third-order valence-electron chi connectivity index (χ3n) is 4.12. The summed E-state index contributed by atoms with van der Waals surface area (Å²) in [6.07, 6.45) is 1.97. The van der Waals surface area contributed by atoms with Gasteiger partial charge < -0.3 is 16.4 Å². The smallest absolute Gasteiger partial charge is 0.252 e. The van der Waals surface area contributed by atoms with Crippen molar-refractivity contribution in [3.05, 3.63) is 35.9 Å². The van der Waals surface area contributed by atoms with Crippen LogP contribution in [0.5, 0.6) is 0 Å². The highest BCUT2D eigenvalue weighted by molar-refractivity contribution is 6.01. The average Bonchev–Trinajstić information content (AvgIpc) is 2.46. The van der Waals surface area contributed by atoms with Gasteiger partial charge in [-0.25, -0.2) is 4.98 Å². The molecule has 5 heteroatoms. The van der Waals surface area contributed by atoms with Gasteiger partial charge in [-0.1, -0.05) is 18.2 Å². The molecule has 1 aliphatic rings. The first-order chi connectivity index (χ1) is 10.1. The summed E-state index contributed by atoms with van der Waals surface area (Å²) >= 11 is 0. The van der Waals surface area contributed by atoms with Crippen LogP contribution in [0.3, 0.4) is 0 Å². The number of benzene rings is 1. The molecule has 110 valence electrons. The van der Waals surface area contributed by atoms with Crippen LogP contribution in [0.25, 0.3) is 10.9 Å². The van der Waals surface area contributed by atoms with E-state index in [0.717, 1.165) is 36.8 Å². The highest BCUT2D eigenvalue weighted by Gasteiger charge is 2.28. The molecule has 0 aliphatic carbocycles. The minimum atomic E-state index is -0.451. The lowest BCUT2D eigenvalue weighted by molar-refractivity contribution is 0.100. The minimum absolute atomic E-state index is 0.0646. The molecule has 1 fully saturated rings. The number of fused-ring (bicyclic) bond motifs is 1. The standard InChI is InChI=1S/C16H20N4O/c1-16(6-8-18-9-7-16)20-15-12(14(17)21)10-11-4-2-3-5-13(11)19-15/h2-5,10,18H,6-9H2,1H3,(H2,17,21)(H,19,20). The zero-order valence-corrected chi connectivity index (χ0v) is 12.1. The van der Waals surface area contributed by atoms with Gasteiger partial charge in [0.05, 0.1) is 11.1 Å². The summed E-state index contributed by atoms with van der Waals surface area (Å²) in [6, 6.07) is 9.56. The number of para-hydroxylation sites is 1. The van der Waals surface area contributed by atoms with Crippen molar-refractivity contribution in [2.45, 2.75) is 25.3 Å². The highest BCUT2D eigenvalue weighted by atomic mass is 16.1. The molecule has 0 unspecified atom stereocenters. The maximum absolute atomic E-state index is 11.7.